The lowest BCUT2D eigenvalue weighted by Gasteiger charge is -2.35. The Hall–Kier alpha value is -0.280. The van der Waals surface area contributed by atoms with E-state index in [1.54, 1.807) is 0 Å². The van der Waals surface area contributed by atoms with Crippen LogP contribution in [0.4, 0.5) is 0 Å². The molecule has 2 atom stereocenters. The molecule has 2 aliphatic heterocycles. The van der Waals surface area contributed by atoms with Crippen molar-refractivity contribution in [3.63, 3.8) is 0 Å². The Labute approximate surface area is 123 Å². The average molecular weight is 289 g/mol. The second-order valence-electron chi connectivity index (χ2n) is 7.01. The van der Waals surface area contributed by atoms with Crippen LogP contribution in [0.3, 0.4) is 0 Å². The summed E-state index contributed by atoms with van der Waals surface area (Å²) in [5.41, 5.74) is 0.223. The van der Waals surface area contributed by atoms with Crippen LogP contribution in [0.1, 0.15) is 52.9 Å². The highest BCUT2D eigenvalue weighted by Crippen LogP contribution is 2.33. The Morgan fingerprint density at radius 2 is 2.05 bits per heavy atom. The van der Waals surface area contributed by atoms with Crippen LogP contribution in [0.2, 0.25) is 0 Å². The second-order valence-corrected chi connectivity index (χ2v) is 7.01. The van der Waals surface area contributed by atoms with Crippen molar-refractivity contribution in [2.45, 2.75) is 58.9 Å². The Balaban J connectivity index is 0.00000180. The topological polar surface area (TPSA) is 32.3 Å². The number of halogens is 1. The molecule has 2 heterocycles. The van der Waals surface area contributed by atoms with E-state index in [4.69, 9.17) is 0 Å². The molecule has 0 aliphatic carbocycles. The number of amides is 1. The van der Waals surface area contributed by atoms with Gasteiger partial charge in [0.05, 0.1) is 0 Å². The van der Waals surface area contributed by atoms with Crippen molar-refractivity contribution in [3.8, 4) is 0 Å². The van der Waals surface area contributed by atoms with Crippen molar-refractivity contribution in [3.05, 3.63) is 0 Å². The van der Waals surface area contributed by atoms with Crippen molar-refractivity contribution in [2.75, 3.05) is 19.6 Å². The van der Waals surface area contributed by atoms with Gasteiger partial charge in [-0.1, -0.05) is 20.8 Å². The molecule has 112 valence electrons. The van der Waals surface area contributed by atoms with Crippen LogP contribution >= 0.6 is 12.4 Å². The fourth-order valence-electron chi connectivity index (χ4n) is 3.40. The minimum atomic E-state index is 0. The molecule has 4 heteroatoms. The third kappa shape index (κ3) is 4.35. The summed E-state index contributed by atoms with van der Waals surface area (Å²) in [5.74, 6) is 1.11. The number of carbonyl (C=O) groups is 1. The molecule has 0 saturated carbocycles. The SMILES string of the molecule is CC(C)(C)C1CCCN1C(=O)CCC1CCNC1.Cl. The smallest absolute Gasteiger partial charge is 0.222 e. The summed E-state index contributed by atoms with van der Waals surface area (Å²) in [5, 5.41) is 3.37. The molecule has 0 spiro atoms. The molecule has 0 aromatic carbocycles. The molecule has 0 aromatic heterocycles. The molecule has 2 rings (SSSR count). The molecule has 0 radical (unpaired) electrons. The van der Waals surface area contributed by atoms with Crippen molar-refractivity contribution in [1.29, 1.82) is 0 Å². The number of nitrogens with one attached hydrogen (secondary N) is 1. The van der Waals surface area contributed by atoms with Gasteiger partial charge in [-0.05, 0) is 50.1 Å². The maximum absolute atomic E-state index is 12.4. The number of rotatable bonds is 3. The highest BCUT2D eigenvalue weighted by Gasteiger charge is 2.36. The van der Waals surface area contributed by atoms with Crippen molar-refractivity contribution in [2.24, 2.45) is 11.3 Å². The molecule has 1 amide bonds. The van der Waals surface area contributed by atoms with E-state index >= 15 is 0 Å². The zero-order valence-corrected chi connectivity index (χ0v) is 13.4. The first-order valence-electron chi connectivity index (χ1n) is 7.48. The largest absolute Gasteiger partial charge is 0.339 e. The highest BCUT2D eigenvalue weighted by atomic mass is 35.5. The molecule has 0 aromatic rings. The number of nitrogens with zero attached hydrogens (tertiary/aromatic N) is 1. The van der Waals surface area contributed by atoms with Gasteiger partial charge in [0.2, 0.25) is 5.91 Å². The van der Waals surface area contributed by atoms with Crippen molar-refractivity contribution >= 4 is 18.3 Å². The predicted octanol–water partition coefficient (Wildman–Crippen LogP) is 2.84. The first-order chi connectivity index (χ1) is 8.48. The molecular formula is C15H29ClN2O. The molecule has 19 heavy (non-hydrogen) atoms. The van der Waals surface area contributed by atoms with E-state index in [1.807, 2.05) is 0 Å². The number of hydrogen-bond donors (Lipinski definition) is 1. The van der Waals surface area contributed by atoms with Gasteiger partial charge in [-0.15, -0.1) is 12.4 Å². The van der Waals surface area contributed by atoms with Crippen molar-refractivity contribution < 1.29 is 4.79 Å². The Bertz CT molecular complexity index is 295. The van der Waals surface area contributed by atoms with Crippen LogP contribution < -0.4 is 5.32 Å². The van der Waals surface area contributed by atoms with Crippen LogP contribution in [0.15, 0.2) is 0 Å². The highest BCUT2D eigenvalue weighted by molar-refractivity contribution is 5.85. The summed E-state index contributed by atoms with van der Waals surface area (Å²) in [6, 6.07) is 0.451. The van der Waals surface area contributed by atoms with E-state index in [2.05, 4.69) is 31.0 Å². The maximum atomic E-state index is 12.4. The molecule has 2 fully saturated rings. The van der Waals surface area contributed by atoms with Crippen LogP contribution in [-0.2, 0) is 4.79 Å². The van der Waals surface area contributed by atoms with Gasteiger partial charge in [-0.25, -0.2) is 0 Å². The Kier molecular flexibility index (Phi) is 6.13. The molecule has 2 aliphatic rings. The minimum absolute atomic E-state index is 0. The molecule has 1 N–H and O–H groups in total. The molecule has 2 saturated heterocycles. The first kappa shape index (κ1) is 16.8. The summed E-state index contributed by atoms with van der Waals surface area (Å²) < 4.78 is 0. The number of carbonyl (C=O) groups excluding carboxylic acids is 1. The molecule has 3 nitrogen and oxygen atoms in total. The lowest BCUT2D eigenvalue weighted by atomic mass is 9.85. The maximum Gasteiger partial charge on any atom is 0.222 e. The van der Waals surface area contributed by atoms with E-state index in [0.29, 0.717) is 11.9 Å². The second kappa shape index (κ2) is 6.94. The lowest BCUT2D eigenvalue weighted by Crippen LogP contribution is -2.43. The van der Waals surface area contributed by atoms with Crippen molar-refractivity contribution in [1.82, 2.24) is 10.2 Å². The van der Waals surface area contributed by atoms with E-state index < -0.39 is 0 Å². The third-order valence-corrected chi connectivity index (χ3v) is 4.50. The fraction of sp³-hybridized carbons (Fsp3) is 0.933. The van der Waals surface area contributed by atoms with Crippen LogP contribution in [-0.4, -0.2) is 36.5 Å². The van der Waals surface area contributed by atoms with Gasteiger partial charge in [-0.2, -0.15) is 0 Å². The first-order valence-corrected chi connectivity index (χ1v) is 7.48. The monoisotopic (exact) mass is 288 g/mol. The Morgan fingerprint density at radius 1 is 1.32 bits per heavy atom. The zero-order valence-electron chi connectivity index (χ0n) is 12.6. The van der Waals surface area contributed by atoms with E-state index in [9.17, 15) is 4.79 Å². The van der Waals surface area contributed by atoms with Crippen LogP contribution in [0.5, 0.6) is 0 Å². The van der Waals surface area contributed by atoms with E-state index in [1.165, 1.54) is 19.3 Å². The summed E-state index contributed by atoms with van der Waals surface area (Å²) in [6.07, 6.45) is 5.42. The number of likely N-dealkylation sites (tertiary alicyclic amines) is 1. The standard InChI is InChI=1S/C15H28N2O.ClH/c1-15(2,3)13-5-4-10-17(13)14(18)7-6-12-8-9-16-11-12;/h12-13,16H,4-11H2,1-3H3;1H. The van der Waals surface area contributed by atoms with Gasteiger partial charge in [0.15, 0.2) is 0 Å². The van der Waals surface area contributed by atoms with Crippen LogP contribution in [0.25, 0.3) is 0 Å². The quantitative estimate of drug-likeness (QED) is 0.866. The Morgan fingerprint density at radius 3 is 2.63 bits per heavy atom. The fourth-order valence-corrected chi connectivity index (χ4v) is 3.40. The van der Waals surface area contributed by atoms with Gasteiger partial charge in [0.25, 0.3) is 0 Å². The summed E-state index contributed by atoms with van der Waals surface area (Å²) >= 11 is 0. The molecule has 2 unspecified atom stereocenters. The predicted molar refractivity (Wildman–Crippen MR) is 81.6 cm³/mol. The molecular weight excluding hydrogens is 260 g/mol. The zero-order chi connectivity index (χ0) is 13.2. The van der Waals surface area contributed by atoms with E-state index in [-0.39, 0.29) is 17.8 Å². The number of hydrogen-bond acceptors (Lipinski definition) is 2. The van der Waals surface area contributed by atoms with E-state index in [0.717, 1.165) is 38.4 Å². The van der Waals surface area contributed by atoms with Gasteiger partial charge >= 0.3 is 0 Å². The third-order valence-electron chi connectivity index (χ3n) is 4.50. The van der Waals surface area contributed by atoms with Gasteiger partial charge in [0.1, 0.15) is 0 Å². The lowest BCUT2D eigenvalue weighted by molar-refractivity contribution is -0.134. The normalized spacial score (nSPS) is 27.4. The van der Waals surface area contributed by atoms with Gasteiger partial charge in [-0.3, -0.25) is 4.79 Å². The average Bonchev–Trinajstić information content (AvgIpc) is 2.95. The minimum Gasteiger partial charge on any atom is -0.339 e. The summed E-state index contributed by atoms with van der Waals surface area (Å²) in [7, 11) is 0. The van der Waals surface area contributed by atoms with Crippen LogP contribution in [0, 0.1) is 11.3 Å². The summed E-state index contributed by atoms with van der Waals surface area (Å²) in [4.78, 5) is 14.5. The van der Waals surface area contributed by atoms with Gasteiger partial charge in [0, 0.05) is 19.0 Å². The van der Waals surface area contributed by atoms with Gasteiger partial charge < -0.3 is 10.2 Å². The summed E-state index contributed by atoms with van der Waals surface area (Å²) in [6.45, 7) is 9.98. The molecule has 0 bridgehead atoms.